The van der Waals surface area contributed by atoms with Crippen molar-refractivity contribution in [1.82, 2.24) is 0 Å². The summed E-state index contributed by atoms with van der Waals surface area (Å²) in [4.78, 5) is 0.0598. The van der Waals surface area contributed by atoms with Crippen LogP contribution in [0.4, 0.5) is 10.1 Å². The molecule has 0 saturated heterocycles. The van der Waals surface area contributed by atoms with Gasteiger partial charge in [-0.25, -0.2) is 12.8 Å². The van der Waals surface area contributed by atoms with Gasteiger partial charge in [0.25, 0.3) is 10.0 Å². The second-order valence-corrected chi connectivity index (χ2v) is 6.70. The van der Waals surface area contributed by atoms with E-state index >= 15 is 0 Å². The summed E-state index contributed by atoms with van der Waals surface area (Å²) in [5.41, 5.74) is 1.52. The van der Waals surface area contributed by atoms with Gasteiger partial charge in [-0.2, -0.15) is 0 Å². The summed E-state index contributed by atoms with van der Waals surface area (Å²) >= 11 is 0. The van der Waals surface area contributed by atoms with Crippen LogP contribution in [-0.4, -0.2) is 20.1 Å². The molecule has 1 aliphatic rings. The molecule has 0 aromatic heterocycles. The van der Waals surface area contributed by atoms with E-state index in [0.29, 0.717) is 17.7 Å². The molecule has 0 spiro atoms. The highest BCUT2D eigenvalue weighted by Crippen LogP contribution is 2.34. The quantitative estimate of drug-likeness (QED) is 0.944. The third-order valence-electron chi connectivity index (χ3n) is 3.61. The fraction of sp³-hybridized carbons (Fsp3) is 0.200. The zero-order valence-corrected chi connectivity index (χ0v) is 12.0. The average molecular weight is 307 g/mol. The minimum absolute atomic E-state index is 0.0598. The molecular weight excluding hydrogens is 293 g/mol. The van der Waals surface area contributed by atoms with Crippen molar-refractivity contribution in [3.05, 3.63) is 59.4 Å². The van der Waals surface area contributed by atoms with Gasteiger partial charge in [-0.3, -0.25) is 4.31 Å². The number of aliphatic hydroxyl groups excluding tert-OH is 1. The van der Waals surface area contributed by atoms with Crippen LogP contribution in [0.25, 0.3) is 0 Å². The van der Waals surface area contributed by atoms with E-state index in [9.17, 15) is 17.9 Å². The number of hydrogen-bond acceptors (Lipinski definition) is 3. The van der Waals surface area contributed by atoms with Crippen LogP contribution >= 0.6 is 0 Å². The second-order valence-electron chi connectivity index (χ2n) is 4.87. The van der Waals surface area contributed by atoms with Crippen LogP contribution in [0.3, 0.4) is 0 Å². The van der Waals surface area contributed by atoms with Crippen molar-refractivity contribution in [1.29, 1.82) is 0 Å². The van der Waals surface area contributed by atoms with E-state index in [-0.39, 0.29) is 18.0 Å². The molecular formula is C15H14FNO3S. The number of nitrogens with zero attached hydrogens (tertiary/aromatic N) is 1. The van der Waals surface area contributed by atoms with Crippen LogP contribution in [0.1, 0.15) is 11.1 Å². The topological polar surface area (TPSA) is 57.6 Å². The molecule has 2 aromatic carbocycles. The third kappa shape index (κ3) is 2.30. The normalized spacial score (nSPS) is 14.3. The van der Waals surface area contributed by atoms with Crippen molar-refractivity contribution >= 4 is 15.7 Å². The van der Waals surface area contributed by atoms with Gasteiger partial charge < -0.3 is 5.11 Å². The summed E-state index contributed by atoms with van der Waals surface area (Å²) in [6.07, 6.45) is 0.552. The van der Waals surface area contributed by atoms with Gasteiger partial charge in [-0.1, -0.05) is 24.3 Å². The molecule has 0 amide bonds. The molecule has 4 nitrogen and oxygen atoms in total. The van der Waals surface area contributed by atoms with E-state index in [2.05, 4.69) is 0 Å². The van der Waals surface area contributed by atoms with Gasteiger partial charge in [0.1, 0.15) is 5.82 Å². The molecule has 3 rings (SSSR count). The molecule has 110 valence electrons. The first-order chi connectivity index (χ1) is 10.0. The number of halogens is 1. The number of aliphatic hydroxyl groups is 1. The number of anilines is 1. The van der Waals surface area contributed by atoms with E-state index in [1.165, 1.54) is 22.5 Å². The van der Waals surface area contributed by atoms with Crippen LogP contribution < -0.4 is 4.31 Å². The van der Waals surface area contributed by atoms with E-state index < -0.39 is 15.8 Å². The Morgan fingerprint density at radius 2 is 1.95 bits per heavy atom. The van der Waals surface area contributed by atoms with Crippen LogP contribution in [0, 0.1) is 5.82 Å². The second kappa shape index (κ2) is 5.13. The van der Waals surface area contributed by atoms with Gasteiger partial charge in [0.15, 0.2) is 0 Å². The lowest BCUT2D eigenvalue weighted by Gasteiger charge is -2.21. The van der Waals surface area contributed by atoms with Gasteiger partial charge >= 0.3 is 0 Å². The van der Waals surface area contributed by atoms with Crippen molar-refractivity contribution in [2.75, 3.05) is 10.8 Å². The molecule has 1 N–H and O–H groups in total. The molecule has 0 unspecified atom stereocenters. The van der Waals surface area contributed by atoms with E-state index in [4.69, 9.17) is 0 Å². The van der Waals surface area contributed by atoms with E-state index in [0.717, 1.165) is 5.56 Å². The molecule has 0 bridgehead atoms. The zero-order chi connectivity index (χ0) is 15.0. The molecule has 1 heterocycles. The molecule has 0 fully saturated rings. The summed E-state index contributed by atoms with van der Waals surface area (Å²) in [7, 11) is -3.80. The maximum atomic E-state index is 13.4. The average Bonchev–Trinajstić information content (AvgIpc) is 2.90. The Balaban J connectivity index is 2.11. The predicted molar refractivity (Wildman–Crippen MR) is 77.0 cm³/mol. The minimum atomic E-state index is -3.80. The molecule has 0 atom stereocenters. The van der Waals surface area contributed by atoms with E-state index in [1.807, 2.05) is 0 Å². The first kappa shape index (κ1) is 14.0. The third-order valence-corrected chi connectivity index (χ3v) is 5.52. The van der Waals surface area contributed by atoms with Gasteiger partial charge in [0.2, 0.25) is 0 Å². The highest BCUT2D eigenvalue weighted by molar-refractivity contribution is 7.93. The summed E-state index contributed by atoms with van der Waals surface area (Å²) in [5, 5.41) is 9.32. The fourth-order valence-corrected chi connectivity index (χ4v) is 4.29. The monoisotopic (exact) mass is 307 g/mol. The fourth-order valence-electron chi connectivity index (χ4n) is 2.58. The molecule has 1 aliphatic heterocycles. The highest BCUT2D eigenvalue weighted by atomic mass is 32.2. The number of hydrogen-bond donors (Lipinski definition) is 1. The van der Waals surface area contributed by atoms with Crippen LogP contribution in [0.5, 0.6) is 0 Å². The first-order valence-electron chi connectivity index (χ1n) is 6.54. The standard InChI is InChI=1S/C15H14FNO3S/c16-13-6-5-11-7-8-17(14(11)9-13)21(19,20)15-4-2-1-3-12(15)10-18/h1-6,9,18H,7-8,10H2. The lowest BCUT2D eigenvalue weighted by molar-refractivity contribution is 0.278. The maximum Gasteiger partial charge on any atom is 0.264 e. The van der Waals surface area contributed by atoms with Gasteiger partial charge in [-0.05, 0) is 35.7 Å². The Kier molecular flexibility index (Phi) is 3.43. The van der Waals surface area contributed by atoms with Gasteiger partial charge in [-0.15, -0.1) is 0 Å². The lowest BCUT2D eigenvalue weighted by atomic mass is 10.2. The highest BCUT2D eigenvalue weighted by Gasteiger charge is 2.32. The van der Waals surface area contributed by atoms with Crippen molar-refractivity contribution in [2.45, 2.75) is 17.9 Å². The van der Waals surface area contributed by atoms with Crippen LogP contribution in [-0.2, 0) is 23.1 Å². The SMILES string of the molecule is O=S(=O)(c1ccccc1CO)N1CCc2ccc(F)cc21. The predicted octanol–water partition coefficient (Wildman–Crippen LogP) is 2.07. The number of benzene rings is 2. The van der Waals surface area contributed by atoms with Gasteiger partial charge in [0.05, 0.1) is 17.2 Å². The largest absolute Gasteiger partial charge is 0.392 e. The minimum Gasteiger partial charge on any atom is -0.392 e. The zero-order valence-electron chi connectivity index (χ0n) is 11.2. The molecule has 0 saturated carbocycles. The lowest BCUT2D eigenvalue weighted by Crippen LogP contribution is -2.30. The van der Waals surface area contributed by atoms with Crippen molar-refractivity contribution in [2.24, 2.45) is 0 Å². The first-order valence-corrected chi connectivity index (χ1v) is 7.98. The molecule has 2 aromatic rings. The Morgan fingerprint density at radius 1 is 1.19 bits per heavy atom. The molecule has 0 aliphatic carbocycles. The van der Waals surface area contributed by atoms with Crippen molar-refractivity contribution in [3.63, 3.8) is 0 Å². The molecule has 21 heavy (non-hydrogen) atoms. The Morgan fingerprint density at radius 3 is 2.71 bits per heavy atom. The van der Waals surface area contributed by atoms with Crippen LogP contribution in [0.2, 0.25) is 0 Å². The van der Waals surface area contributed by atoms with Crippen molar-refractivity contribution in [3.8, 4) is 0 Å². The number of rotatable bonds is 3. The summed E-state index contributed by atoms with van der Waals surface area (Å²) in [5.74, 6) is -0.466. The Bertz CT molecular complexity index is 789. The maximum absolute atomic E-state index is 13.4. The summed E-state index contributed by atoms with van der Waals surface area (Å²) in [6, 6.07) is 10.5. The number of fused-ring (bicyclic) bond motifs is 1. The molecule has 0 radical (unpaired) electrons. The Labute approximate surface area is 122 Å². The number of sulfonamides is 1. The summed E-state index contributed by atoms with van der Waals surface area (Å²) in [6.45, 7) is -0.0832. The molecule has 6 heteroatoms. The van der Waals surface area contributed by atoms with Crippen molar-refractivity contribution < 1.29 is 17.9 Å². The van der Waals surface area contributed by atoms with E-state index in [1.54, 1.807) is 24.3 Å². The smallest absolute Gasteiger partial charge is 0.264 e. The van der Waals surface area contributed by atoms with Crippen LogP contribution in [0.15, 0.2) is 47.4 Å². The Hall–Kier alpha value is -1.92. The summed E-state index contributed by atoms with van der Waals surface area (Å²) < 4.78 is 40.2. The van der Waals surface area contributed by atoms with Gasteiger partial charge in [0, 0.05) is 6.54 Å².